The lowest BCUT2D eigenvalue weighted by atomic mass is 9.86. The normalized spacial score (nSPS) is 15.1. The van der Waals surface area contributed by atoms with Crippen LogP contribution in [0.5, 0.6) is 0 Å². The van der Waals surface area contributed by atoms with E-state index < -0.39 is 5.97 Å². The van der Waals surface area contributed by atoms with Crippen LogP contribution in [0, 0.1) is 5.92 Å². The fourth-order valence-electron chi connectivity index (χ4n) is 3.12. The molecule has 0 bridgehead atoms. The van der Waals surface area contributed by atoms with Crippen molar-refractivity contribution in [2.45, 2.75) is 77.7 Å². The van der Waals surface area contributed by atoms with E-state index in [2.05, 4.69) is 13.8 Å². The second-order valence-corrected chi connectivity index (χ2v) is 7.00. The molecule has 0 aliphatic heterocycles. The molecule has 120 valence electrons. The molecule has 2 atom stereocenters. The Labute approximate surface area is 126 Å². The number of rotatable bonds is 12. The minimum atomic E-state index is -0.630. The molecule has 0 saturated carbocycles. The minimum absolute atomic E-state index is 0.270. The number of hydrogen-bond acceptors (Lipinski definition) is 1. The molecule has 0 spiro atoms. The van der Waals surface area contributed by atoms with E-state index >= 15 is 0 Å². The Morgan fingerprint density at radius 1 is 0.900 bits per heavy atom. The van der Waals surface area contributed by atoms with E-state index in [-0.39, 0.29) is 6.04 Å². The van der Waals surface area contributed by atoms with Crippen LogP contribution < -0.4 is 0 Å². The molecule has 0 aromatic rings. The van der Waals surface area contributed by atoms with Gasteiger partial charge in [-0.2, -0.15) is 0 Å². The van der Waals surface area contributed by atoms with Gasteiger partial charge in [-0.1, -0.05) is 58.8 Å². The summed E-state index contributed by atoms with van der Waals surface area (Å²) in [5.74, 6) is -0.314. The van der Waals surface area contributed by atoms with E-state index in [9.17, 15) is 9.90 Å². The van der Waals surface area contributed by atoms with Gasteiger partial charge in [-0.3, -0.25) is 0 Å². The monoisotopic (exact) mass is 286 g/mol. The van der Waals surface area contributed by atoms with E-state index in [0.29, 0.717) is 10.4 Å². The van der Waals surface area contributed by atoms with Gasteiger partial charge in [0.2, 0.25) is 0 Å². The maximum Gasteiger partial charge on any atom is 0.362 e. The maximum absolute atomic E-state index is 11.7. The van der Waals surface area contributed by atoms with Crippen molar-refractivity contribution in [1.82, 2.24) is 0 Å². The highest BCUT2D eigenvalue weighted by atomic mass is 16.4. The number of carboxylic acid groups (broad SMARTS) is 1. The van der Waals surface area contributed by atoms with E-state index in [4.69, 9.17) is 0 Å². The standard InChI is InChI=1S/C17H35NO2/c1-6-8-10-12-14-15(13-11-9-7-2)16(17(19)20)18(3,4)5/h15-16H,6-14H2,1-5H3/p+1. The maximum atomic E-state index is 11.7. The van der Waals surface area contributed by atoms with Crippen LogP contribution in [0.3, 0.4) is 0 Å². The average molecular weight is 286 g/mol. The number of carbonyl (C=O) groups is 1. The smallest absolute Gasteiger partial charge is 0.362 e. The summed E-state index contributed by atoms with van der Waals surface area (Å²) >= 11 is 0. The molecule has 0 fully saturated rings. The number of quaternary nitrogens is 1. The number of nitrogens with zero attached hydrogens (tertiary/aromatic N) is 1. The van der Waals surface area contributed by atoms with Crippen LogP contribution >= 0.6 is 0 Å². The summed E-state index contributed by atoms with van der Waals surface area (Å²) in [5.41, 5.74) is 0. The molecule has 0 aromatic carbocycles. The minimum Gasteiger partial charge on any atom is -0.477 e. The first-order valence-corrected chi connectivity index (χ1v) is 8.38. The van der Waals surface area contributed by atoms with Crippen molar-refractivity contribution in [1.29, 1.82) is 0 Å². The van der Waals surface area contributed by atoms with Gasteiger partial charge in [-0.25, -0.2) is 4.79 Å². The first-order valence-electron chi connectivity index (χ1n) is 8.38. The van der Waals surface area contributed by atoms with Crippen LogP contribution in [0.15, 0.2) is 0 Å². The van der Waals surface area contributed by atoms with Crippen molar-refractivity contribution in [3.63, 3.8) is 0 Å². The molecular formula is C17H36NO2+. The molecule has 0 saturated heterocycles. The van der Waals surface area contributed by atoms with E-state index in [0.717, 1.165) is 12.8 Å². The van der Waals surface area contributed by atoms with Crippen molar-refractivity contribution in [3.05, 3.63) is 0 Å². The highest BCUT2D eigenvalue weighted by Gasteiger charge is 2.38. The zero-order valence-corrected chi connectivity index (χ0v) is 14.3. The van der Waals surface area contributed by atoms with Crippen LogP contribution in [0.2, 0.25) is 0 Å². The van der Waals surface area contributed by atoms with Gasteiger partial charge in [0.1, 0.15) is 0 Å². The number of hydrogen-bond donors (Lipinski definition) is 1. The average Bonchev–Trinajstić information content (AvgIpc) is 2.32. The first-order chi connectivity index (χ1) is 9.34. The van der Waals surface area contributed by atoms with Gasteiger partial charge in [-0.05, 0) is 12.8 Å². The van der Waals surface area contributed by atoms with Gasteiger partial charge in [0.15, 0.2) is 6.04 Å². The van der Waals surface area contributed by atoms with E-state index in [1.807, 2.05) is 21.1 Å². The third-order valence-electron chi connectivity index (χ3n) is 4.14. The molecule has 0 aliphatic carbocycles. The summed E-state index contributed by atoms with van der Waals surface area (Å²) in [6.07, 6.45) is 10.6. The Balaban J connectivity index is 4.63. The molecule has 0 rings (SSSR count). The van der Waals surface area contributed by atoms with E-state index in [1.54, 1.807) is 0 Å². The Morgan fingerprint density at radius 3 is 1.75 bits per heavy atom. The summed E-state index contributed by atoms with van der Waals surface area (Å²) in [6.45, 7) is 4.41. The lowest BCUT2D eigenvalue weighted by Crippen LogP contribution is -2.53. The quantitative estimate of drug-likeness (QED) is 0.429. The molecule has 3 nitrogen and oxygen atoms in total. The summed E-state index contributed by atoms with van der Waals surface area (Å²) < 4.78 is 0.528. The molecule has 0 aliphatic rings. The van der Waals surface area contributed by atoms with Gasteiger partial charge in [-0.15, -0.1) is 0 Å². The van der Waals surface area contributed by atoms with Gasteiger partial charge in [0.25, 0.3) is 0 Å². The Bertz CT molecular complexity index is 258. The predicted molar refractivity (Wildman–Crippen MR) is 85.8 cm³/mol. The zero-order valence-electron chi connectivity index (χ0n) is 14.3. The summed E-state index contributed by atoms with van der Waals surface area (Å²) in [6, 6.07) is -0.270. The highest BCUT2D eigenvalue weighted by Crippen LogP contribution is 2.26. The lowest BCUT2D eigenvalue weighted by Gasteiger charge is -2.36. The topological polar surface area (TPSA) is 37.3 Å². The fourth-order valence-corrected chi connectivity index (χ4v) is 3.12. The summed E-state index contributed by atoms with van der Waals surface area (Å²) in [7, 11) is 6.03. The van der Waals surface area contributed by atoms with Crippen LogP contribution in [0.4, 0.5) is 0 Å². The molecule has 0 aromatic heterocycles. The lowest BCUT2D eigenvalue weighted by molar-refractivity contribution is -0.891. The summed E-state index contributed by atoms with van der Waals surface area (Å²) in [4.78, 5) is 11.7. The van der Waals surface area contributed by atoms with Crippen molar-refractivity contribution in [3.8, 4) is 0 Å². The number of unbranched alkanes of at least 4 members (excludes halogenated alkanes) is 5. The van der Waals surface area contributed by atoms with Crippen molar-refractivity contribution in [2.75, 3.05) is 21.1 Å². The number of aliphatic carboxylic acids is 1. The van der Waals surface area contributed by atoms with Gasteiger partial charge in [0, 0.05) is 5.92 Å². The first kappa shape index (κ1) is 19.4. The van der Waals surface area contributed by atoms with Crippen molar-refractivity contribution in [2.24, 2.45) is 5.92 Å². The van der Waals surface area contributed by atoms with Gasteiger partial charge in [0.05, 0.1) is 21.1 Å². The van der Waals surface area contributed by atoms with Crippen LogP contribution in [-0.4, -0.2) is 42.7 Å². The second-order valence-electron chi connectivity index (χ2n) is 7.00. The molecule has 0 heterocycles. The van der Waals surface area contributed by atoms with Gasteiger partial charge < -0.3 is 9.59 Å². The molecule has 2 unspecified atom stereocenters. The predicted octanol–water partition coefficient (Wildman–Crippen LogP) is 4.31. The van der Waals surface area contributed by atoms with Crippen LogP contribution in [-0.2, 0) is 4.79 Å². The molecule has 0 amide bonds. The second kappa shape index (κ2) is 10.2. The Morgan fingerprint density at radius 2 is 1.35 bits per heavy atom. The number of likely N-dealkylation sites (N-methyl/N-ethyl adjacent to an activating group) is 1. The molecule has 3 heteroatoms. The molecule has 20 heavy (non-hydrogen) atoms. The van der Waals surface area contributed by atoms with Crippen LogP contribution in [0.1, 0.15) is 71.6 Å². The summed E-state index contributed by atoms with van der Waals surface area (Å²) in [5, 5.41) is 9.62. The van der Waals surface area contributed by atoms with Gasteiger partial charge >= 0.3 is 5.97 Å². The SMILES string of the molecule is CCCCCCC(CCCCC)C(C(=O)O)[N+](C)(C)C. The highest BCUT2D eigenvalue weighted by molar-refractivity contribution is 5.72. The fraction of sp³-hybridized carbons (Fsp3) is 0.941. The Hall–Kier alpha value is -0.570. The zero-order chi connectivity index (χ0) is 15.6. The van der Waals surface area contributed by atoms with Crippen molar-refractivity contribution >= 4 is 5.97 Å². The Kier molecular flexibility index (Phi) is 9.91. The molecule has 0 radical (unpaired) electrons. The number of carboxylic acids is 1. The van der Waals surface area contributed by atoms with Crippen molar-refractivity contribution < 1.29 is 14.4 Å². The molecular weight excluding hydrogens is 250 g/mol. The molecule has 1 N–H and O–H groups in total. The third-order valence-corrected chi connectivity index (χ3v) is 4.14. The third kappa shape index (κ3) is 7.88. The van der Waals surface area contributed by atoms with E-state index in [1.165, 1.54) is 44.9 Å². The largest absolute Gasteiger partial charge is 0.477 e. The van der Waals surface area contributed by atoms with Crippen LogP contribution in [0.25, 0.3) is 0 Å².